The molecule has 3 N–H and O–H groups in total. The number of rotatable bonds is 7. The third-order valence-corrected chi connectivity index (χ3v) is 3.06. The molecule has 1 amide bonds. The molecule has 0 fully saturated rings. The Morgan fingerprint density at radius 1 is 1.18 bits per heavy atom. The Bertz CT molecular complexity index is 646. The lowest BCUT2D eigenvalue weighted by Gasteiger charge is -2.20. The highest BCUT2D eigenvalue weighted by atomic mass is 127. The van der Waals surface area contributed by atoms with Gasteiger partial charge in [0.15, 0.2) is 5.96 Å². The lowest BCUT2D eigenvalue weighted by Crippen LogP contribution is -2.43. The molecule has 0 aliphatic heterocycles. The van der Waals surface area contributed by atoms with Gasteiger partial charge in [-0.15, -0.1) is 24.0 Å². The first-order valence-corrected chi connectivity index (χ1v) is 8.64. The molecule has 6 nitrogen and oxygen atoms in total. The fourth-order valence-electron chi connectivity index (χ4n) is 2.05. The Hall–Kier alpha value is -1.72. The van der Waals surface area contributed by atoms with E-state index in [0.717, 1.165) is 12.1 Å². The molecular weight excluding hydrogens is 488 g/mol. The van der Waals surface area contributed by atoms with Crippen LogP contribution in [0.3, 0.4) is 0 Å². The molecule has 0 heterocycles. The topological polar surface area (TPSA) is 74.8 Å². The van der Waals surface area contributed by atoms with Crippen molar-refractivity contribution in [1.82, 2.24) is 16.0 Å². The van der Waals surface area contributed by atoms with Crippen LogP contribution in [0.15, 0.2) is 29.3 Å². The summed E-state index contributed by atoms with van der Waals surface area (Å²) < 4.78 is 43.4. The normalized spacial score (nSPS) is 12.0. The molecule has 0 saturated carbocycles. The van der Waals surface area contributed by atoms with Crippen molar-refractivity contribution in [3.63, 3.8) is 0 Å². The van der Waals surface area contributed by atoms with Crippen molar-refractivity contribution >= 4 is 35.8 Å². The van der Waals surface area contributed by atoms with Crippen LogP contribution in [0.25, 0.3) is 0 Å². The van der Waals surface area contributed by atoms with E-state index in [4.69, 9.17) is 4.74 Å². The number of hydrogen-bond acceptors (Lipinski definition) is 3. The van der Waals surface area contributed by atoms with Gasteiger partial charge < -0.3 is 20.7 Å². The first-order valence-electron chi connectivity index (χ1n) is 8.64. The number of carbonyl (C=O) groups excluding carboxylic acids is 1. The predicted octanol–water partition coefficient (Wildman–Crippen LogP) is 3.17. The maximum absolute atomic E-state index is 12.7. The van der Waals surface area contributed by atoms with Crippen LogP contribution < -0.4 is 20.7 Å². The summed E-state index contributed by atoms with van der Waals surface area (Å²) in [5, 5.41) is 8.75. The number of hydrogen-bond donors (Lipinski definition) is 3. The van der Waals surface area contributed by atoms with Gasteiger partial charge in [0, 0.05) is 12.1 Å². The maximum Gasteiger partial charge on any atom is 0.416 e. The molecule has 0 aromatic heterocycles. The van der Waals surface area contributed by atoms with Crippen molar-refractivity contribution in [2.45, 2.75) is 39.4 Å². The fraction of sp³-hybridized carbons (Fsp3) is 0.556. The number of nitrogens with zero attached hydrogens (tertiary/aromatic N) is 1. The number of alkyl halides is 3. The monoisotopic (exact) mass is 516 g/mol. The molecule has 0 saturated heterocycles. The Kier molecular flexibility index (Phi) is 11.2. The molecule has 1 aromatic rings. The van der Waals surface area contributed by atoms with E-state index >= 15 is 0 Å². The van der Waals surface area contributed by atoms with Crippen molar-refractivity contribution in [2.75, 3.05) is 26.2 Å². The number of nitrogens with one attached hydrogen (secondary N) is 3. The van der Waals surface area contributed by atoms with E-state index in [-0.39, 0.29) is 54.3 Å². The summed E-state index contributed by atoms with van der Waals surface area (Å²) in [6.45, 7) is 8.52. The van der Waals surface area contributed by atoms with E-state index in [1.54, 1.807) is 0 Å². The lowest BCUT2D eigenvalue weighted by atomic mass is 10.1. The average Bonchev–Trinajstić information content (AvgIpc) is 2.54. The second kappa shape index (κ2) is 12.0. The minimum absolute atomic E-state index is 0. The molecule has 160 valence electrons. The summed E-state index contributed by atoms with van der Waals surface area (Å²) in [7, 11) is 0. The van der Waals surface area contributed by atoms with Gasteiger partial charge in [-0.25, -0.2) is 4.99 Å². The van der Waals surface area contributed by atoms with Crippen LogP contribution in [0.1, 0.15) is 33.3 Å². The van der Waals surface area contributed by atoms with E-state index in [2.05, 4.69) is 20.9 Å². The maximum atomic E-state index is 12.7. The van der Waals surface area contributed by atoms with Crippen LogP contribution in [-0.2, 0) is 11.0 Å². The highest BCUT2D eigenvalue weighted by molar-refractivity contribution is 14.0. The lowest BCUT2D eigenvalue weighted by molar-refractivity contribution is -0.137. The minimum atomic E-state index is -4.41. The number of halogens is 4. The summed E-state index contributed by atoms with van der Waals surface area (Å²) in [4.78, 5) is 16.0. The van der Waals surface area contributed by atoms with Crippen molar-refractivity contribution in [2.24, 2.45) is 4.99 Å². The van der Waals surface area contributed by atoms with Crippen LogP contribution in [0.4, 0.5) is 13.2 Å². The van der Waals surface area contributed by atoms with Gasteiger partial charge in [0.1, 0.15) is 18.9 Å². The molecule has 1 aromatic carbocycles. The molecule has 10 heteroatoms. The van der Waals surface area contributed by atoms with Crippen molar-refractivity contribution in [3.8, 4) is 5.75 Å². The molecule has 0 bridgehead atoms. The smallest absolute Gasteiger partial charge is 0.416 e. The zero-order chi connectivity index (χ0) is 20.5. The van der Waals surface area contributed by atoms with Gasteiger partial charge in [0.2, 0.25) is 5.91 Å². The largest absolute Gasteiger partial charge is 0.492 e. The van der Waals surface area contributed by atoms with Gasteiger partial charge in [-0.05, 0) is 45.9 Å². The third kappa shape index (κ3) is 11.2. The minimum Gasteiger partial charge on any atom is -0.492 e. The second-order valence-electron chi connectivity index (χ2n) is 6.79. The first kappa shape index (κ1) is 26.3. The molecule has 0 radical (unpaired) electrons. The highest BCUT2D eigenvalue weighted by Crippen LogP contribution is 2.31. The molecule has 0 atom stereocenters. The Balaban J connectivity index is 0.00000729. The van der Waals surface area contributed by atoms with Crippen LogP contribution in [-0.4, -0.2) is 43.6 Å². The molecule has 28 heavy (non-hydrogen) atoms. The van der Waals surface area contributed by atoms with Crippen LogP contribution in [0.5, 0.6) is 5.75 Å². The van der Waals surface area contributed by atoms with Crippen molar-refractivity contribution < 1.29 is 22.7 Å². The summed E-state index contributed by atoms with van der Waals surface area (Å²) in [5.74, 6) is 0.354. The Labute approximate surface area is 180 Å². The molecular formula is C18H28F3IN4O2. The van der Waals surface area contributed by atoms with Gasteiger partial charge in [-0.3, -0.25) is 4.79 Å². The first-order chi connectivity index (χ1) is 12.5. The zero-order valence-electron chi connectivity index (χ0n) is 16.4. The van der Waals surface area contributed by atoms with E-state index < -0.39 is 11.7 Å². The van der Waals surface area contributed by atoms with Crippen LogP contribution in [0, 0.1) is 0 Å². The zero-order valence-corrected chi connectivity index (χ0v) is 18.8. The molecule has 0 aliphatic rings. The molecule has 0 unspecified atom stereocenters. The van der Waals surface area contributed by atoms with E-state index in [9.17, 15) is 18.0 Å². The quantitative estimate of drug-likeness (QED) is 0.225. The van der Waals surface area contributed by atoms with E-state index in [0.29, 0.717) is 19.0 Å². The Morgan fingerprint density at radius 3 is 2.43 bits per heavy atom. The van der Waals surface area contributed by atoms with Gasteiger partial charge >= 0.3 is 6.18 Å². The van der Waals surface area contributed by atoms with Gasteiger partial charge in [-0.1, -0.05) is 6.07 Å². The number of amides is 1. The summed E-state index contributed by atoms with van der Waals surface area (Å²) in [6.07, 6.45) is -4.41. The fourth-order valence-corrected chi connectivity index (χ4v) is 2.05. The number of ether oxygens (including phenoxy) is 1. The van der Waals surface area contributed by atoms with Gasteiger partial charge in [0.25, 0.3) is 0 Å². The van der Waals surface area contributed by atoms with Gasteiger partial charge in [0.05, 0.1) is 12.1 Å². The third-order valence-electron chi connectivity index (χ3n) is 3.06. The summed E-state index contributed by atoms with van der Waals surface area (Å²) in [5.41, 5.74) is -1.09. The summed E-state index contributed by atoms with van der Waals surface area (Å²) in [6, 6.07) is 4.70. The van der Waals surface area contributed by atoms with E-state index in [1.165, 1.54) is 12.1 Å². The SMILES string of the molecule is CCNC(=NCC(=O)NC(C)(C)C)NCCOc1cccc(C(F)(F)F)c1.I. The van der Waals surface area contributed by atoms with Gasteiger partial charge in [-0.2, -0.15) is 13.2 Å². The van der Waals surface area contributed by atoms with Crippen LogP contribution in [0.2, 0.25) is 0 Å². The second-order valence-corrected chi connectivity index (χ2v) is 6.79. The number of carbonyl (C=O) groups is 1. The predicted molar refractivity (Wildman–Crippen MR) is 114 cm³/mol. The van der Waals surface area contributed by atoms with Crippen molar-refractivity contribution in [1.29, 1.82) is 0 Å². The van der Waals surface area contributed by atoms with Crippen LogP contribution >= 0.6 is 24.0 Å². The molecule has 1 rings (SSSR count). The molecule has 0 spiro atoms. The number of aliphatic imine (C=N–C) groups is 1. The highest BCUT2D eigenvalue weighted by Gasteiger charge is 2.30. The van der Waals surface area contributed by atoms with Crippen molar-refractivity contribution in [3.05, 3.63) is 29.8 Å². The number of guanidine groups is 1. The summed E-state index contributed by atoms with van der Waals surface area (Å²) >= 11 is 0. The standard InChI is InChI=1S/C18H27F3N4O2.HI/c1-5-22-16(24-12-15(26)25-17(2,3)4)23-9-10-27-14-8-6-7-13(11-14)18(19,20)21;/h6-8,11H,5,9-10,12H2,1-4H3,(H,25,26)(H2,22,23,24);1H. The molecule has 0 aliphatic carbocycles. The Morgan fingerprint density at radius 2 is 1.86 bits per heavy atom. The number of benzene rings is 1. The average molecular weight is 516 g/mol. The van der Waals surface area contributed by atoms with E-state index in [1.807, 2.05) is 27.7 Å².